The molecule has 0 bridgehead atoms. The molecule has 1 unspecified atom stereocenters. The van der Waals surface area contributed by atoms with Gasteiger partial charge in [0, 0.05) is 6.54 Å². The highest BCUT2D eigenvalue weighted by atomic mass is 16.5. The van der Waals surface area contributed by atoms with Crippen LogP contribution in [0.2, 0.25) is 0 Å². The van der Waals surface area contributed by atoms with E-state index in [1.807, 2.05) is 18.2 Å². The molecule has 1 saturated heterocycles. The monoisotopic (exact) mass is 392 g/mol. The third kappa shape index (κ3) is 3.74. The predicted octanol–water partition coefficient (Wildman–Crippen LogP) is 0.767. The molecule has 2 rings (SSSR count). The number of amides is 1. The topological polar surface area (TPSA) is 130 Å². The van der Waals surface area contributed by atoms with Crippen molar-refractivity contribution in [3.63, 3.8) is 0 Å². The van der Waals surface area contributed by atoms with Crippen LogP contribution in [-0.2, 0) is 25.7 Å². The van der Waals surface area contributed by atoms with E-state index in [-0.39, 0.29) is 19.6 Å². The van der Waals surface area contributed by atoms with E-state index in [1.54, 1.807) is 32.9 Å². The molecular weight excluding hydrogens is 364 g/mol. The summed E-state index contributed by atoms with van der Waals surface area (Å²) in [7, 11) is 0. The van der Waals surface area contributed by atoms with Crippen molar-refractivity contribution < 1.29 is 29.3 Å². The molecule has 0 aliphatic carbocycles. The molecule has 0 radical (unpaired) electrons. The summed E-state index contributed by atoms with van der Waals surface area (Å²) in [6.45, 7) is 4.43. The Morgan fingerprint density at radius 3 is 2.39 bits per heavy atom. The highest BCUT2D eigenvalue weighted by Crippen LogP contribution is 2.48. The average molecular weight is 392 g/mol. The Morgan fingerprint density at radius 1 is 1.29 bits per heavy atom. The van der Waals surface area contributed by atoms with E-state index in [0.717, 1.165) is 10.5 Å². The van der Waals surface area contributed by atoms with Crippen molar-refractivity contribution in [3.8, 4) is 0 Å². The maximum absolute atomic E-state index is 12.9. The Labute approximate surface area is 164 Å². The van der Waals surface area contributed by atoms with Crippen LogP contribution in [0.3, 0.4) is 0 Å². The molecule has 1 fully saturated rings. The van der Waals surface area contributed by atoms with Crippen LogP contribution in [0.25, 0.3) is 0 Å². The maximum atomic E-state index is 12.9. The number of ether oxygens (including phenoxy) is 1. The van der Waals surface area contributed by atoms with Gasteiger partial charge in [0.2, 0.25) is 5.91 Å². The lowest BCUT2D eigenvalue weighted by Gasteiger charge is -2.47. The highest BCUT2D eigenvalue weighted by Gasteiger charge is 2.66. The first-order valence-electron chi connectivity index (χ1n) is 9.19. The van der Waals surface area contributed by atoms with Gasteiger partial charge in [-0.1, -0.05) is 51.1 Å². The summed E-state index contributed by atoms with van der Waals surface area (Å²) in [6.07, 6.45) is 0.140. The lowest BCUT2D eigenvalue weighted by molar-refractivity contribution is -0.177. The average Bonchev–Trinajstić information content (AvgIpc) is 3.07. The molecule has 4 N–H and O–H groups in total. The molecule has 1 aliphatic heterocycles. The van der Waals surface area contributed by atoms with Gasteiger partial charge in [-0.15, -0.1) is 0 Å². The van der Waals surface area contributed by atoms with Gasteiger partial charge in [0.25, 0.3) is 0 Å². The standard InChI is InChI=1S/C20H28N2O6/c1-19(2,3)20(18(26)27)14(9-10-22(20)16(24)15(21)11-23)17(25)28-12-13-7-5-4-6-8-13/h4-8,14-15,23H,9-12,21H2,1-3H3,(H,26,27)/t14?,15-,20-/m0/s1. The van der Waals surface area contributed by atoms with Crippen LogP contribution in [0.15, 0.2) is 30.3 Å². The number of benzene rings is 1. The van der Waals surface area contributed by atoms with Gasteiger partial charge in [-0.2, -0.15) is 0 Å². The van der Waals surface area contributed by atoms with E-state index < -0.39 is 47.4 Å². The highest BCUT2D eigenvalue weighted by molar-refractivity contribution is 5.95. The number of nitrogens with zero attached hydrogens (tertiary/aromatic N) is 1. The number of esters is 1. The van der Waals surface area contributed by atoms with Gasteiger partial charge >= 0.3 is 11.9 Å². The lowest BCUT2D eigenvalue weighted by atomic mass is 9.66. The summed E-state index contributed by atoms with van der Waals surface area (Å²) in [5.74, 6) is -3.71. The summed E-state index contributed by atoms with van der Waals surface area (Å²) in [5.41, 5.74) is 3.63. The van der Waals surface area contributed by atoms with Gasteiger partial charge in [-0.3, -0.25) is 9.59 Å². The van der Waals surface area contributed by atoms with Gasteiger partial charge in [0.15, 0.2) is 5.54 Å². The number of aliphatic hydroxyl groups is 1. The van der Waals surface area contributed by atoms with Crippen molar-refractivity contribution in [2.45, 2.75) is 45.4 Å². The Morgan fingerprint density at radius 2 is 1.89 bits per heavy atom. The summed E-state index contributed by atoms with van der Waals surface area (Å²) < 4.78 is 5.41. The molecule has 1 aromatic rings. The van der Waals surface area contributed by atoms with Gasteiger partial charge in [0.1, 0.15) is 12.6 Å². The molecule has 154 valence electrons. The quantitative estimate of drug-likeness (QED) is 0.610. The van der Waals surface area contributed by atoms with Crippen LogP contribution in [0.4, 0.5) is 0 Å². The van der Waals surface area contributed by atoms with Crippen molar-refractivity contribution in [1.29, 1.82) is 0 Å². The minimum absolute atomic E-state index is 0.0140. The van der Waals surface area contributed by atoms with Crippen LogP contribution in [0.5, 0.6) is 0 Å². The molecular formula is C20H28N2O6. The Balaban J connectivity index is 2.38. The van der Waals surface area contributed by atoms with Gasteiger partial charge in [-0.05, 0) is 17.4 Å². The fraction of sp³-hybridized carbons (Fsp3) is 0.550. The molecule has 1 amide bonds. The minimum atomic E-state index is -1.83. The first kappa shape index (κ1) is 21.8. The SMILES string of the molecule is CC(C)(C)[C@@]1(C(=O)O)C(C(=O)OCc2ccccc2)CCN1C(=O)[C@@H](N)CO. The van der Waals surface area contributed by atoms with Crippen LogP contribution >= 0.6 is 0 Å². The number of rotatable bonds is 6. The number of carboxylic acids is 1. The van der Waals surface area contributed by atoms with Crippen molar-refractivity contribution in [2.75, 3.05) is 13.2 Å². The number of carbonyl (C=O) groups excluding carboxylic acids is 2. The van der Waals surface area contributed by atoms with Gasteiger partial charge in [-0.25, -0.2) is 4.79 Å². The molecule has 0 aromatic heterocycles. The zero-order valence-corrected chi connectivity index (χ0v) is 16.4. The summed E-state index contributed by atoms with van der Waals surface area (Å²) >= 11 is 0. The first-order chi connectivity index (χ1) is 13.1. The van der Waals surface area contributed by atoms with Crippen LogP contribution < -0.4 is 5.73 Å². The number of hydrogen-bond acceptors (Lipinski definition) is 6. The number of carbonyl (C=O) groups is 3. The lowest BCUT2D eigenvalue weighted by Crippen LogP contribution is -2.67. The zero-order valence-electron chi connectivity index (χ0n) is 16.4. The third-order valence-corrected chi connectivity index (χ3v) is 5.33. The van der Waals surface area contributed by atoms with E-state index in [9.17, 15) is 24.6 Å². The van der Waals surface area contributed by atoms with Crippen molar-refractivity contribution >= 4 is 17.8 Å². The largest absolute Gasteiger partial charge is 0.479 e. The molecule has 1 aromatic carbocycles. The number of aliphatic hydroxyl groups excluding tert-OH is 1. The third-order valence-electron chi connectivity index (χ3n) is 5.33. The van der Waals surface area contributed by atoms with E-state index in [0.29, 0.717) is 0 Å². The Bertz CT molecular complexity index is 730. The minimum Gasteiger partial charge on any atom is -0.479 e. The smallest absolute Gasteiger partial charge is 0.331 e. The number of nitrogens with two attached hydrogens (primary N) is 1. The molecule has 0 spiro atoms. The van der Waals surface area contributed by atoms with Crippen molar-refractivity contribution in [3.05, 3.63) is 35.9 Å². The van der Waals surface area contributed by atoms with Crippen molar-refractivity contribution in [2.24, 2.45) is 17.1 Å². The molecule has 28 heavy (non-hydrogen) atoms. The molecule has 1 aliphatic rings. The number of hydrogen-bond donors (Lipinski definition) is 3. The molecule has 1 heterocycles. The molecule has 3 atom stereocenters. The summed E-state index contributed by atoms with van der Waals surface area (Å²) in [6, 6.07) is 7.81. The Hall–Kier alpha value is -2.45. The molecule has 8 heteroatoms. The maximum Gasteiger partial charge on any atom is 0.331 e. The second kappa shape index (κ2) is 8.28. The van der Waals surface area contributed by atoms with Crippen molar-refractivity contribution in [1.82, 2.24) is 4.90 Å². The number of aliphatic carboxylic acids is 1. The zero-order chi connectivity index (χ0) is 21.1. The number of likely N-dealkylation sites (tertiary alicyclic amines) is 1. The van der Waals surface area contributed by atoms with E-state index in [4.69, 9.17) is 10.5 Å². The van der Waals surface area contributed by atoms with E-state index in [1.165, 1.54) is 0 Å². The van der Waals surface area contributed by atoms with E-state index >= 15 is 0 Å². The van der Waals surface area contributed by atoms with Gasteiger partial charge in [0.05, 0.1) is 12.5 Å². The predicted molar refractivity (Wildman–Crippen MR) is 101 cm³/mol. The molecule has 8 nitrogen and oxygen atoms in total. The second-order valence-electron chi connectivity index (χ2n) is 8.04. The second-order valence-corrected chi connectivity index (χ2v) is 8.04. The fourth-order valence-corrected chi connectivity index (χ4v) is 4.02. The summed E-state index contributed by atoms with van der Waals surface area (Å²) in [4.78, 5) is 39.2. The fourth-order valence-electron chi connectivity index (χ4n) is 4.02. The Kier molecular flexibility index (Phi) is 6.46. The van der Waals surface area contributed by atoms with Crippen LogP contribution in [0, 0.1) is 11.3 Å². The normalized spacial score (nSPS) is 23.3. The summed E-state index contributed by atoms with van der Waals surface area (Å²) in [5, 5.41) is 19.4. The van der Waals surface area contributed by atoms with Gasteiger partial charge < -0.3 is 25.6 Å². The first-order valence-corrected chi connectivity index (χ1v) is 9.19. The van der Waals surface area contributed by atoms with Crippen LogP contribution in [0.1, 0.15) is 32.8 Å². The van der Waals surface area contributed by atoms with E-state index in [2.05, 4.69) is 0 Å². The molecule has 0 saturated carbocycles. The number of carboxylic acid groups (broad SMARTS) is 1. The van der Waals surface area contributed by atoms with Crippen LogP contribution in [-0.4, -0.2) is 57.7 Å².